The van der Waals surface area contributed by atoms with E-state index in [0.717, 1.165) is 109 Å². The number of fused-ring (bicyclic) bond motifs is 6. The average Bonchev–Trinajstić information content (AvgIpc) is 3.35. The van der Waals surface area contributed by atoms with Gasteiger partial charge in [0, 0.05) is 0 Å². The second-order valence-electron chi connectivity index (χ2n) is 16.1. The van der Waals surface area contributed by atoms with Crippen LogP contribution < -0.4 is 0 Å². The van der Waals surface area contributed by atoms with Crippen LogP contribution >= 0.6 is 0 Å². The summed E-state index contributed by atoms with van der Waals surface area (Å²) >= 11 is 0. The summed E-state index contributed by atoms with van der Waals surface area (Å²) in [6.45, 7) is 8.86. The predicted molar refractivity (Wildman–Crippen MR) is 195 cm³/mol. The van der Waals surface area contributed by atoms with E-state index in [1.807, 2.05) is 18.2 Å². The fourth-order valence-corrected chi connectivity index (χ4v) is 11.0. The number of methoxy groups -OCH3 is 1. The minimum absolute atomic E-state index is 0.114. The summed E-state index contributed by atoms with van der Waals surface area (Å²) in [5.74, 6) is -0.0574. The number of aromatic carboxylic acids is 1. The van der Waals surface area contributed by atoms with Gasteiger partial charge in [-0.1, -0.05) is 52.7 Å². The lowest BCUT2D eigenvalue weighted by molar-refractivity contribution is -0.0545. The quantitative estimate of drug-likeness (QED) is 0.241. The lowest BCUT2D eigenvalue weighted by Crippen LogP contribution is -2.47. The van der Waals surface area contributed by atoms with Crippen LogP contribution in [0.5, 0.6) is 0 Å². The summed E-state index contributed by atoms with van der Waals surface area (Å²) < 4.78 is 4.90. The van der Waals surface area contributed by atoms with E-state index in [9.17, 15) is 24.9 Å². The molecule has 0 unspecified atom stereocenters. The second-order valence-corrected chi connectivity index (χ2v) is 16.1. The number of aliphatic hydroxyl groups is 2. The Bertz CT molecular complexity index is 1480. The average molecular weight is 675 g/mol. The van der Waals surface area contributed by atoms with E-state index >= 15 is 0 Å². The molecule has 2 aromatic carbocycles. The maximum absolute atomic E-state index is 11.9. The van der Waals surface area contributed by atoms with Crippen LogP contribution in [-0.2, 0) is 28.4 Å². The molecule has 0 spiro atoms. The summed E-state index contributed by atoms with van der Waals surface area (Å²) in [5.41, 5.74) is 5.66. The van der Waals surface area contributed by atoms with Gasteiger partial charge in [0.25, 0.3) is 0 Å². The molecule has 6 nitrogen and oxygen atoms in total. The topological polar surface area (TPSA) is 104 Å². The Morgan fingerprint density at radius 3 is 1.57 bits per heavy atom. The van der Waals surface area contributed by atoms with Gasteiger partial charge in [-0.2, -0.15) is 0 Å². The molecular weight excluding hydrogens is 612 g/mol. The number of carboxylic acid groups (broad SMARTS) is 1. The zero-order valence-corrected chi connectivity index (χ0v) is 30.9. The highest BCUT2D eigenvalue weighted by atomic mass is 16.5. The van der Waals surface area contributed by atoms with Crippen LogP contribution in [0.15, 0.2) is 36.4 Å². The van der Waals surface area contributed by atoms with Gasteiger partial charge in [-0.15, -0.1) is 0 Å². The molecule has 3 N–H and O–H groups in total. The van der Waals surface area contributed by atoms with Gasteiger partial charge >= 0.3 is 11.9 Å². The van der Waals surface area contributed by atoms with Crippen molar-refractivity contribution >= 4 is 11.9 Å². The van der Waals surface area contributed by atoms with Crippen LogP contribution in [0.1, 0.15) is 173 Å². The van der Waals surface area contributed by atoms with Gasteiger partial charge in [0.15, 0.2) is 0 Å². The van der Waals surface area contributed by atoms with Crippen LogP contribution in [0.3, 0.4) is 0 Å². The van der Waals surface area contributed by atoms with E-state index < -0.39 is 17.2 Å². The van der Waals surface area contributed by atoms with Gasteiger partial charge in [0.05, 0.1) is 29.4 Å². The molecule has 6 atom stereocenters. The number of ether oxygens (including phenoxy) is 1. The van der Waals surface area contributed by atoms with Crippen LogP contribution in [0, 0.1) is 11.8 Å². The number of rotatable bonds is 8. The third kappa shape index (κ3) is 7.38. The van der Waals surface area contributed by atoms with Gasteiger partial charge in [-0.05, 0) is 172 Å². The molecule has 4 aliphatic carbocycles. The largest absolute Gasteiger partial charge is 0.478 e. The van der Waals surface area contributed by atoms with E-state index in [1.165, 1.54) is 35.8 Å². The minimum atomic E-state index is -0.842. The van der Waals surface area contributed by atoms with Gasteiger partial charge in [-0.3, -0.25) is 0 Å². The normalized spacial score (nSPS) is 32.1. The molecule has 6 heteroatoms. The molecule has 270 valence electrons. The summed E-state index contributed by atoms with van der Waals surface area (Å²) in [6, 6.07) is 11.9. The van der Waals surface area contributed by atoms with Crippen molar-refractivity contribution < 1.29 is 29.6 Å². The van der Waals surface area contributed by atoms with E-state index in [4.69, 9.17) is 4.74 Å². The Morgan fingerprint density at radius 2 is 1.16 bits per heavy atom. The lowest BCUT2D eigenvalue weighted by Gasteiger charge is -2.50. The molecule has 6 rings (SSSR count). The van der Waals surface area contributed by atoms with E-state index in [2.05, 4.69) is 39.8 Å². The number of esters is 1. The smallest absolute Gasteiger partial charge is 0.337 e. The maximum Gasteiger partial charge on any atom is 0.337 e. The standard InChI is InChI=1S/C22H32O3.C21H30O3/c1-4-11-21(24)12-13-22(5-2)18(15-21)8-6-7-16-14-17(20(23)25-3)9-10-19(16)22;1-3-10-20(24)11-12-21(4-2)17(14-20)7-5-6-15-13-16(19(22)23)8-9-18(15)21/h9-10,14,18,24H,4-8,11-13,15H2,1-3H3;8-9,13,17,24H,3-7,10-12,14H2,1-2H3,(H,22,23)/t18-,21+,22+;17-,20+,21+/m00/s1. The predicted octanol–water partition coefficient (Wildman–Crippen LogP) is 9.49. The van der Waals surface area contributed by atoms with Crippen molar-refractivity contribution in [2.45, 2.75) is 165 Å². The molecule has 0 saturated heterocycles. The molecule has 2 aromatic rings. The van der Waals surface area contributed by atoms with Gasteiger partial charge in [0.1, 0.15) is 0 Å². The van der Waals surface area contributed by atoms with Crippen molar-refractivity contribution in [3.8, 4) is 0 Å². The Kier molecular flexibility index (Phi) is 11.7. The molecule has 2 saturated carbocycles. The summed E-state index contributed by atoms with van der Waals surface area (Å²) in [6.07, 6.45) is 18.2. The number of carbonyl (C=O) groups excluding carboxylic acids is 1. The highest BCUT2D eigenvalue weighted by molar-refractivity contribution is 5.89. The molecule has 0 amide bonds. The number of hydrogen-bond donors (Lipinski definition) is 3. The number of aryl methyl sites for hydroxylation is 2. The molecule has 0 aromatic heterocycles. The first-order valence-electron chi connectivity index (χ1n) is 19.4. The molecule has 0 aliphatic heterocycles. The maximum atomic E-state index is 11.9. The number of benzene rings is 2. The third-order valence-corrected chi connectivity index (χ3v) is 13.5. The zero-order valence-electron chi connectivity index (χ0n) is 30.9. The van der Waals surface area contributed by atoms with Crippen molar-refractivity contribution in [3.05, 3.63) is 69.8 Å². The Hall–Kier alpha value is -2.70. The van der Waals surface area contributed by atoms with E-state index in [-0.39, 0.29) is 16.8 Å². The summed E-state index contributed by atoms with van der Waals surface area (Å²) in [4.78, 5) is 23.2. The molecule has 0 heterocycles. The first-order valence-corrected chi connectivity index (χ1v) is 19.4. The first-order chi connectivity index (χ1) is 23.4. The molecular formula is C43H62O6. The molecule has 2 fully saturated rings. The SMILES string of the molecule is CCC[C@@]1(O)CC[C@@]2(CC)c3ccc(C(=O)O)cc3CCC[C@H]2C1.CCC[C@@]1(O)CC[C@@]2(CC)c3ccc(C(=O)OC)cc3CCC[C@H]2C1. The van der Waals surface area contributed by atoms with Crippen molar-refractivity contribution in [1.82, 2.24) is 0 Å². The minimum Gasteiger partial charge on any atom is -0.478 e. The number of hydrogen-bond acceptors (Lipinski definition) is 5. The zero-order chi connectivity index (χ0) is 35.5. The van der Waals surface area contributed by atoms with Gasteiger partial charge in [-0.25, -0.2) is 9.59 Å². The Morgan fingerprint density at radius 1 is 0.714 bits per heavy atom. The van der Waals surface area contributed by atoms with E-state index in [1.54, 1.807) is 6.07 Å². The third-order valence-electron chi connectivity index (χ3n) is 13.5. The fourth-order valence-electron chi connectivity index (χ4n) is 11.0. The highest BCUT2D eigenvalue weighted by Gasteiger charge is 2.50. The number of carboxylic acids is 1. The molecule has 4 aliphatic rings. The summed E-state index contributed by atoms with van der Waals surface area (Å²) in [5, 5.41) is 31.4. The lowest BCUT2D eigenvalue weighted by atomic mass is 9.56. The van der Waals surface area contributed by atoms with Crippen LogP contribution in [-0.4, -0.2) is 45.6 Å². The van der Waals surface area contributed by atoms with Gasteiger partial charge in [0.2, 0.25) is 0 Å². The summed E-state index contributed by atoms with van der Waals surface area (Å²) in [7, 11) is 1.44. The molecule has 0 bridgehead atoms. The first kappa shape index (κ1) is 37.6. The Balaban J connectivity index is 0.000000191. The molecule has 49 heavy (non-hydrogen) atoms. The number of carbonyl (C=O) groups is 2. The van der Waals surface area contributed by atoms with Crippen LogP contribution in [0.25, 0.3) is 0 Å². The van der Waals surface area contributed by atoms with Crippen molar-refractivity contribution in [1.29, 1.82) is 0 Å². The van der Waals surface area contributed by atoms with Crippen molar-refractivity contribution in [2.24, 2.45) is 11.8 Å². The molecule has 0 radical (unpaired) electrons. The van der Waals surface area contributed by atoms with Crippen molar-refractivity contribution in [2.75, 3.05) is 7.11 Å². The van der Waals surface area contributed by atoms with E-state index in [0.29, 0.717) is 23.0 Å². The van der Waals surface area contributed by atoms with Crippen LogP contribution in [0.4, 0.5) is 0 Å². The fraction of sp³-hybridized carbons (Fsp3) is 0.674. The second kappa shape index (κ2) is 15.3. The Labute approximate surface area is 295 Å². The van der Waals surface area contributed by atoms with Crippen LogP contribution in [0.2, 0.25) is 0 Å². The highest BCUT2D eigenvalue weighted by Crippen LogP contribution is 2.56. The van der Waals surface area contributed by atoms with Gasteiger partial charge < -0.3 is 20.1 Å². The monoisotopic (exact) mass is 674 g/mol. The van der Waals surface area contributed by atoms with Crippen molar-refractivity contribution in [3.63, 3.8) is 0 Å².